The van der Waals surface area contributed by atoms with Gasteiger partial charge in [-0.1, -0.05) is 36.4 Å². The first-order valence-electron chi connectivity index (χ1n) is 9.13. The monoisotopic (exact) mass is 377 g/mol. The molecule has 142 valence electrons. The van der Waals surface area contributed by atoms with E-state index in [0.29, 0.717) is 17.9 Å². The molecule has 0 bridgehead atoms. The minimum atomic E-state index is -0.547. The summed E-state index contributed by atoms with van der Waals surface area (Å²) in [5.74, 6) is -0.526. The standard InChI is InChI=1S/C23H20FNO3/c1-15-6-2-3-7-18(15)16-12-17-14-25(10-11-28-22(17)21(26)13-16)23(27)19-8-4-5-9-20(19)24/h2-9,12-13,26H,10-11,14H2,1H3. The van der Waals surface area contributed by atoms with Gasteiger partial charge >= 0.3 is 0 Å². The SMILES string of the molecule is Cc1ccccc1-c1cc(O)c2c(c1)CN(C(=O)c1ccccc1F)CCO2. The number of phenolic OH excluding ortho intramolecular Hbond substituents is 1. The van der Waals surface area contributed by atoms with Crippen molar-refractivity contribution in [3.8, 4) is 22.6 Å². The molecule has 1 heterocycles. The molecule has 0 spiro atoms. The highest BCUT2D eigenvalue weighted by Crippen LogP contribution is 2.38. The summed E-state index contributed by atoms with van der Waals surface area (Å²) in [7, 11) is 0. The van der Waals surface area contributed by atoms with E-state index in [-0.39, 0.29) is 24.5 Å². The average Bonchev–Trinajstić information content (AvgIpc) is 2.91. The maximum absolute atomic E-state index is 14.1. The van der Waals surface area contributed by atoms with Gasteiger partial charge in [0.2, 0.25) is 0 Å². The molecule has 1 aliphatic heterocycles. The van der Waals surface area contributed by atoms with Crippen molar-refractivity contribution in [1.29, 1.82) is 0 Å². The van der Waals surface area contributed by atoms with Crippen molar-refractivity contribution in [2.45, 2.75) is 13.5 Å². The van der Waals surface area contributed by atoms with E-state index in [1.807, 2.05) is 37.3 Å². The number of aromatic hydroxyl groups is 1. The van der Waals surface area contributed by atoms with E-state index in [2.05, 4.69) is 0 Å². The fraction of sp³-hybridized carbons (Fsp3) is 0.174. The Morgan fingerprint density at radius 2 is 1.86 bits per heavy atom. The van der Waals surface area contributed by atoms with Crippen molar-refractivity contribution in [3.63, 3.8) is 0 Å². The van der Waals surface area contributed by atoms with Crippen LogP contribution in [0.25, 0.3) is 11.1 Å². The summed E-state index contributed by atoms with van der Waals surface area (Å²) in [6.07, 6.45) is 0. The molecular formula is C23H20FNO3. The molecule has 0 fully saturated rings. The highest BCUT2D eigenvalue weighted by Gasteiger charge is 2.25. The molecule has 5 heteroatoms. The second-order valence-corrected chi connectivity index (χ2v) is 6.85. The minimum absolute atomic E-state index is 0.0326. The number of hydrogen-bond donors (Lipinski definition) is 1. The van der Waals surface area contributed by atoms with E-state index in [0.717, 1.165) is 16.7 Å². The number of carbonyl (C=O) groups is 1. The van der Waals surface area contributed by atoms with Crippen molar-refractivity contribution < 1.29 is 19.0 Å². The zero-order chi connectivity index (χ0) is 19.7. The van der Waals surface area contributed by atoms with Crippen LogP contribution in [-0.2, 0) is 6.54 Å². The van der Waals surface area contributed by atoms with Crippen LogP contribution in [0.4, 0.5) is 4.39 Å². The zero-order valence-electron chi connectivity index (χ0n) is 15.5. The number of amides is 1. The maximum Gasteiger partial charge on any atom is 0.257 e. The van der Waals surface area contributed by atoms with Crippen LogP contribution >= 0.6 is 0 Å². The van der Waals surface area contributed by atoms with Crippen molar-refractivity contribution >= 4 is 5.91 Å². The summed E-state index contributed by atoms with van der Waals surface area (Å²) in [6, 6.07) is 17.4. The zero-order valence-corrected chi connectivity index (χ0v) is 15.5. The van der Waals surface area contributed by atoms with E-state index in [4.69, 9.17) is 4.74 Å². The van der Waals surface area contributed by atoms with Crippen LogP contribution in [0.3, 0.4) is 0 Å². The van der Waals surface area contributed by atoms with Crippen molar-refractivity contribution in [3.05, 3.63) is 83.2 Å². The van der Waals surface area contributed by atoms with Gasteiger partial charge in [0.1, 0.15) is 12.4 Å². The number of aryl methyl sites for hydroxylation is 1. The Kier molecular flexibility index (Phi) is 4.74. The number of halogens is 1. The maximum atomic E-state index is 14.1. The van der Waals surface area contributed by atoms with Crippen LogP contribution in [0.2, 0.25) is 0 Å². The first kappa shape index (κ1) is 18.0. The minimum Gasteiger partial charge on any atom is -0.504 e. The first-order valence-corrected chi connectivity index (χ1v) is 9.13. The van der Waals surface area contributed by atoms with Crippen molar-refractivity contribution in [2.24, 2.45) is 0 Å². The second-order valence-electron chi connectivity index (χ2n) is 6.85. The number of ether oxygens (including phenoxy) is 1. The molecule has 4 nitrogen and oxygen atoms in total. The lowest BCUT2D eigenvalue weighted by atomic mass is 9.97. The largest absolute Gasteiger partial charge is 0.504 e. The van der Waals surface area contributed by atoms with Crippen LogP contribution in [0.1, 0.15) is 21.5 Å². The van der Waals surface area contributed by atoms with Gasteiger partial charge < -0.3 is 14.7 Å². The lowest BCUT2D eigenvalue weighted by Crippen LogP contribution is -2.33. The summed E-state index contributed by atoms with van der Waals surface area (Å²) in [5, 5.41) is 10.5. The van der Waals surface area contributed by atoms with E-state index in [1.54, 1.807) is 23.1 Å². The molecule has 0 atom stereocenters. The Bertz CT molecular complexity index is 1050. The quantitative estimate of drug-likeness (QED) is 0.713. The number of benzene rings is 3. The Morgan fingerprint density at radius 3 is 2.64 bits per heavy atom. The Labute approximate surface area is 162 Å². The van der Waals surface area contributed by atoms with Gasteiger partial charge in [0.05, 0.1) is 12.1 Å². The van der Waals surface area contributed by atoms with E-state index < -0.39 is 11.7 Å². The number of carbonyl (C=O) groups excluding carboxylic acids is 1. The van der Waals surface area contributed by atoms with Crippen molar-refractivity contribution in [2.75, 3.05) is 13.2 Å². The van der Waals surface area contributed by atoms with Gasteiger partial charge in [-0.05, 0) is 47.9 Å². The van der Waals surface area contributed by atoms with Gasteiger partial charge in [0, 0.05) is 12.1 Å². The molecule has 0 aliphatic carbocycles. The number of phenols is 1. The summed E-state index contributed by atoms with van der Waals surface area (Å²) < 4.78 is 19.8. The summed E-state index contributed by atoms with van der Waals surface area (Å²) >= 11 is 0. The molecule has 4 rings (SSSR count). The van der Waals surface area contributed by atoms with Crippen LogP contribution in [0.5, 0.6) is 11.5 Å². The summed E-state index contributed by atoms with van der Waals surface area (Å²) in [5.41, 5.74) is 3.65. The molecule has 3 aromatic rings. The van der Waals surface area contributed by atoms with E-state index >= 15 is 0 Å². The fourth-order valence-electron chi connectivity index (χ4n) is 3.53. The summed E-state index contributed by atoms with van der Waals surface area (Å²) in [4.78, 5) is 14.4. The molecule has 0 aromatic heterocycles. The number of fused-ring (bicyclic) bond motifs is 1. The Morgan fingerprint density at radius 1 is 1.11 bits per heavy atom. The highest BCUT2D eigenvalue weighted by atomic mass is 19.1. The average molecular weight is 377 g/mol. The van der Waals surface area contributed by atoms with Gasteiger partial charge in [-0.2, -0.15) is 0 Å². The van der Waals surface area contributed by atoms with Gasteiger partial charge in [0.25, 0.3) is 5.91 Å². The second kappa shape index (κ2) is 7.35. The smallest absolute Gasteiger partial charge is 0.257 e. The van der Waals surface area contributed by atoms with Gasteiger partial charge in [-0.3, -0.25) is 4.79 Å². The molecular weight excluding hydrogens is 357 g/mol. The molecule has 3 aromatic carbocycles. The molecule has 1 amide bonds. The number of hydrogen-bond acceptors (Lipinski definition) is 3. The summed E-state index contributed by atoms with van der Waals surface area (Å²) in [6.45, 7) is 2.77. The Balaban J connectivity index is 1.72. The molecule has 0 saturated heterocycles. The van der Waals surface area contributed by atoms with Crippen LogP contribution < -0.4 is 4.74 Å². The van der Waals surface area contributed by atoms with Gasteiger partial charge in [0.15, 0.2) is 11.5 Å². The predicted molar refractivity (Wildman–Crippen MR) is 105 cm³/mol. The van der Waals surface area contributed by atoms with Crippen LogP contribution in [0.15, 0.2) is 60.7 Å². The predicted octanol–water partition coefficient (Wildman–Crippen LogP) is 4.54. The fourth-order valence-corrected chi connectivity index (χ4v) is 3.53. The molecule has 28 heavy (non-hydrogen) atoms. The number of nitrogens with zero attached hydrogens (tertiary/aromatic N) is 1. The molecule has 0 radical (unpaired) electrons. The van der Waals surface area contributed by atoms with Crippen LogP contribution in [-0.4, -0.2) is 29.1 Å². The third-order valence-electron chi connectivity index (χ3n) is 4.96. The third kappa shape index (κ3) is 3.31. The molecule has 0 unspecified atom stereocenters. The van der Waals surface area contributed by atoms with E-state index in [1.165, 1.54) is 12.1 Å². The lowest BCUT2D eigenvalue weighted by Gasteiger charge is -2.20. The van der Waals surface area contributed by atoms with Crippen LogP contribution in [0, 0.1) is 12.7 Å². The molecule has 1 N–H and O–H groups in total. The lowest BCUT2D eigenvalue weighted by molar-refractivity contribution is 0.0728. The van der Waals surface area contributed by atoms with E-state index in [9.17, 15) is 14.3 Å². The Hall–Kier alpha value is -3.34. The normalized spacial score (nSPS) is 13.4. The van der Waals surface area contributed by atoms with Gasteiger partial charge in [-0.25, -0.2) is 4.39 Å². The number of rotatable bonds is 2. The molecule has 0 saturated carbocycles. The van der Waals surface area contributed by atoms with Crippen molar-refractivity contribution in [1.82, 2.24) is 4.90 Å². The highest BCUT2D eigenvalue weighted by molar-refractivity contribution is 5.94. The molecule has 1 aliphatic rings. The third-order valence-corrected chi connectivity index (χ3v) is 4.96. The first-order chi connectivity index (χ1) is 13.5. The van der Waals surface area contributed by atoms with Gasteiger partial charge in [-0.15, -0.1) is 0 Å². The topological polar surface area (TPSA) is 49.8 Å².